The van der Waals surface area contributed by atoms with E-state index in [1.807, 2.05) is 18.2 Å². The van der Waals surface area contributed by atoms with Crippen LogP contribution in [-0.2, 0) is 0 Å². The molecule has 0 unspecified atom stereocenters. The molecule has 1 heterocycles. The van der Waals surface area contributed by atoms with Crippen LogP contribution in [0.5, 0.6) is 0 Å². The molecular weight excluding hydrogens is 255 g/mol. The van der Waals surface area contributed by atoms with Crippen molar-refractivity contribution in [3.05, 3.63) is 39.9 Å². The van der Waals surface area contributed by atoms with Gasteiger partial charge in [0.05, 0.1) is 10.0 Å². The van der Waals surface area contributed by atoms with Crippen molar-refractivity contribution >= 4 is 29.3 Å². The van der Waals surface area contributed by atoms with E-state index in [2.05, 4.69) is 22.4 Å². The Bertz CT molecular complexity index is 398. The lowest BCUT2D eigenvalue weighted by Gasteiger charge is -2.25. The summed E-state index contributed by atoms with van der Waals surface area (Å²) in [6.07, 6.45) is 4.26. The third-order valence-corrected chi connectivity index (χ3v) is 3.57. The van der Waals surface area contributed by atoms with Crippen molar-refractivity contribution in [2.45, 2.75) is 0 Å². The average molecular weight is 271 g/mol. The van der Waals surface area contributed by atoms with Gasteiger partial charge in [-0.15, -0.1) is 0 Å². The van der Waals surface area contributed by atoms with Crippen molar-refractivity contribution in [3.63, 3.8) is 0 Å². The predicted molar refractivity (Wildman–Crippen MR) is 74.8 cm³/mol. The highest BCUT2D eigenvalue weighted by Gasteiger charge is 2.06. The molecule has 2 rings (SSSR count). The summed E-state index contributed by atoms with van der Waals surface area (Å²) in [6, 6.07) is 5.69. The average Bonchev–Trinajstić information content (AvgIpc) is 2.35. The van der Waals surface area contributed by atoms with Gasteiger partial charge >= 0.3 is 0 Å². The number of piperazine rings is 1. The molecule has 0 amide bonds. The maximum Gasteiger partial charge on any atom is 0.0598 e. The smallest absolute Gasteiger partial charge is 0.0598 e. The number of benzene rings is 1. The Hall–Kier alpha value is -0.540. The molecule has 0 spiro atoms. The summed E-state index contributed by atoms with van der Waals surface area (Å²) in [7, 11) is 0. The van der Waals surface area contributed by atoms with Crippen molar-refractivity contribution in [2.75, 3.05) is 32.7 Å². The van der Waals surface area contributed by atoms with Gasteiger partial charge in [-0.3, -0.25) is 4.90 Å². The van der Waals surface area contributed by atoms with Crippen LogP contribution in [0.15, 0.2) is 24.3 Å². The topological polar surface area (TPSA) is 15.3 Å². The van der Waals surface area contributed by atoms with Crippen molar-refractivity contribution < 1.29 is 0 Å². The van der Waals surface area contributed by atoms with E-state index in [-0.39, 0.29) is 0 Å². The molecule has 1 saturated heterocycles. The summed E-state index contributed by atoms with van der Waals surface area (Å²) in [4.78, 5) is 2.42. The van der Waals surface area contributed by atoms with Crippen LogP contribution in [0.1, 0.15) is 5.56 Å². The Morgan fingerprint density at radius 3 is 2.65 bits per heavy atom. The Balaban J connectivity index is 1.88. The number of nitrogens with one attached hydrogen (secondary N) is 1. The number of halogens is 2. The van der Waals surface area contributed by atoms with Crippen LogP contribution in [0.2, 0.25) is 10.0 Å². The van der Waals surface area contributed by atoms with E-state index in [4.69, 9.17) is 23.2 Å². The van der Waals surface area contributed by atoms with Gasteiger partial charge in [0, 0.05) is 32.7 Å². The van der Waals surface area contributed by atoms with Gasteiger partial charge in [-0.2, -0.15) is 0 Å². The van der Waals surface area contributed by atoms with Crippen molar-refractivity contribution in [3.8, 4) is 0 Å². The third kappa shape index (κ3) is 4.00. The molecule has 4 heteroatoms. The minimum atomic E-state index is 0.603. The fraction of sp³-hybridized carbons (Fsp3) is 0.385. The quantitative estimate of drug-likeness (QED) is 0.909. The van der Waals surface area contributed by atoms with Crippen LogP contribution in [0.4, 0.5) is 0 Å². The van der Waals surface area contributed by atoms with Crippen LogP contribution < -0.4 is 5.32 Å². The van der Waals surface area contributed by atoms with E-state index in [1.54, 1.807) is 0 Å². The van der Waals surface area contributed by atoms with Gasteiger partial charge in [-0.1, -0.05) is 41.4 Å². The van der Waals surface area contributed by atoms with E-state index in [1.165, 1.54) is 0 Å². The molecule has 0 atom stereocenters. The lowest BCUT2D eigenvalue weighted by Crippen LogP contribution is -2.43. The number of hydrogen-bond acceptors (Lipinski definition) is 2. The molecule has 1 fully saturated rings. The second kappa shape index (κ2) is 6.41. The van der Waals surface area contributed by atoms with Gasteiger partial charge in [0.15, 0.2) is 0 Å². The second-order valence-corrected chi connectivity index (χ2v) is 4.94. The number of hydrogen-bond donors (Lipinski definition) is 1. The highest BCUT2D eigenvalue weighted by Crippen LogP contribution is 2.23. The van der Waals surface area contributed by atoms with E-state index in [9.17, 15) is 0 Å². The molecule has 17 heavy (non-hydrogen) atoms. The molecule has 0 radical (unpaired) electrons. The summed E-state index contributed by atoms with van der Waals surface area (Å²) in [5.74, 6) is 0. The second-order valence-electron chi connectivity index (χ2n) is 4.13. The highest BCUT2D eigenvalue weighted by molar-refractivity contribution is 6.42. The fourth-order valence-corrected chi connectivity index (χ4v) is 2.15. The van der Waals surface area contributed by atoms with Gasteiger partial charge in [0.1, 0.15) is 0 Å². The molecule has 0 bridgehead atoms. The van der Waals surface area contributed by atoms with E-state index < -0.39 is 0 Å². The minimum Gasteiger partial charge on any atom is -0.314 e. The molecule has 0 aromatic heterocycles. The van der Waals surface area contributed by atoms with Crippen LogP contribution in [0.3, 0.4) is 0 Å². The summed E-state index contributed by atoms with van der Waals surface area (Å²) >= 11 is 11.8. The maximum absolute atomic E-state index is 5.96. The summed E-state index contributed by atoms with van der Waals surface area (Å²) in [6.45, 7) is 5.39. The lowest BCUT2D eigenvalue weighted by molar-refractivity contribution is 0.265. The molecule has 0 aliphatic carbocycles. The SMILES string of the molecule is Clc1ccc(/C=C/CN2CCNCC2)cc1Cl. The van der Waals surface area contributed by atoms with Crippen molar-refractivity contribution in [2.24, 2.45) is 0 Å². The Kier molecular flexibility index (Phi) is 4.86. The van der Waals surface area contributed by atoms with Gasteiger partial charge in [0.2, 0.25) is 0 Å². The molecular formula is C13H16Cl2N2. The summed E-state index contributed by atoms with van der Waals surface area (Å²) in [5.41, 5.74) is 1.09. The Labute approximate surface area is 112 Å². The van der Waals surface area contributed by atoms with Crippen molar-refractivity contribution in [1.82, 2.24) is 10.2 Å². The lowest BCUT2D eigenvalue weighted by atomic mass is 10.2. The third-order valence-electron chi connectivity index (χ3n) is 2.83. The molecule has 1 N–H and O–H groups in total. The standard InChI is InChI=1S/C13H16Cl2N2/c14-12-4-3-11(10-13(12)15)2-1-7-17-8-5-16-6-9-17/h1-4,10,16H,5-9H2/b2-1+. The molecule has 1 aromatic rings. The molecule has 1 aliphatic heterocycles. The molecule has 2 nitrogen and oxygen atoms in total. The predicted octanol–water partition coefficient (Wildman–Crippen LogP) is 2.91. The summed E-state index contributed by atoms with van der Waals surface area (Å²) < 4.78 is 0. The first-order chi connectivity index (χ1) is 8.25. The molecule has 1 aliphatic rings. The largest absolute Gasteiger partial charge is 0.314 e. The van der Waals surface area contributed by atoms with E-state index in [0.717, 1.165) is 38.3 Å². The molecule has 92 valence electrons. The number of rotatable bonds is 3. The minimum absolute atomic E-state index is 0.603. The Morgan fingerprint density at radius 1 is 1.18 bits per heavy atom. The van der Waals surface area contributed by atoms with E-state index in [0.29, 0.717) is 10.0 Å². The molecule has 0 saturated carbocycles. The van der Waals surface area contributed by atoms with Crippen LogP contribution in [0, 0.1) is 0 Å². The highest BCUT2D eigenvalue weighted by atomic mass is 35.5. The van der Waals surface area contributed by atoms with Crippen molar-refractivity contribution in [1.29, 1.82) is 0 Å². The first kappa shape index (κ1) is 12.9. The van der Waals surface area contributed by atoms with Gasteiger partial charge in [-0.05, 0) is 17.7 Å². The monoisotopic (exact) mass is 270 g/mol. The van der Waals surface area contributed by atoms with E-state index >= 15 is 0 Å². The van der Waals surface area contributed by atoms with Gasteiger partial charge in [-0.25, -0.2) is 0 Å². The molecule has 1 aromatic carbocycles. The normalized spacial score (nSPS) is 17.8. The van der Waals surface area contributed by atoms with Crippen LogP contribution in [0.25, 0.3) is 6.08 Å². The maximum atomic E-state index is 5.96. The first-order valence-electron chi connectivity index (χ1n) is 5.80. The zero-order chi connectivity index (χ0) is 12.1. The van der Waals surface area contributed by atoms with Gasteiger partial charge in [0.25, 0.3) is 0 Å². The fourth-order valence-electron chi connectivity index (χ4n) is 1.85. The Morgan fingerprint density at radius 2 is 1.94 bits per heavy atom. The zero-order valence-electron chi connectivity index (χ0n) is 9.63. The van der Waals surface area contributed by atoms with Crippen LogP contribution >= 0.6 is 23.2 Å². The van der Waals surface area contributed by atoms with Crippen LogP contribution in [-0.4, -0.2) is 37.6 Å². The first-order valence-corrected chi connectivity index (χ1v) is 6.56. The number of nitrogens with zero attached hydrogens (tertiary/aromatic N) is 1. The summed E-state index contributed by atoms with van der Waals surface area (Å²) in [5, 5.41) is 4.55. The zero-order valence-corrected chi connectivity index (χ0v) is 11.1. The van der Waals surface area contributed by atoms with Gasteiger partial charge < -0.3 is 5.32 Å².